The van der Waals surface area contributed by atoms with Gasteiger partial charge < -0.3 is 5.73 Å². The van der Waals surface area contributed by atoms with Crippen LogP contribution in [0.2, 0.25) is 0 Å². The molecule has 0 aromatic heterocycles. The summed E-state index contributed by atoms with van der Waals surface area (Å²) in [7, 11) is 0. The average Bonchev–Trinajstić information content (AvgIpc) is 1.60. The van der Waals surface area contributed by atoms with Crippen LogP contribution in [0.3, 0.4) is 0 Å². The third-order valence-electron chi connectivity index (χ3n) is 0.711. The van der Waals surface area contributed by atoms with Crippen molar-refractivity contribution in [1.82, 2.24) is 0 Å². The number of alkyl halides is 3. The maximum Gasteiger partial charge on any atom is 0.523 e. The summed E-state index contributed by atoms with van der Waals surface area (Å²) in [6.07, 6.45) is -6.42. The summed E-state index contributed by atoms with van der Waals surface area (Å²) in [4.78, 5) is 9.97. The molecule has 10 heavy (non-hydrogen) atoms. The van der Waals surface area contributed by atoms with Gasteiger partial charge in [0.15, 0.2) is 0 Å². The fraction of sp³-hybridized carbons (Fsp3) is 0.750. The first-order valence-corrected chi connectivity index (χ1v) is 2.37. The molecule has 0 saturated carbocycles. The number of primary amides is 1. The molecule has 6 heteroatoms. The van der Waals surface area contributed by atoms with Crippen molar-refractivity contribution in [3.63, 3.8) is 0 Å². The normalized spacial score (nSPS) is 14.8. The maximum atomic E-state index is 11.2. The van der Waals surface area contributed by atoms with E-state index in [2.05, 4.69) is 10.5 Å². The highest BCUT2D eigenvalue weighted by Crippen LogP contribution is 2.18. The lowest BCUT2D eigenvalue weighted by molar-refractivity contribution is -0.335. The minimum Gasteiger partial charge on any atom is -0.367 e. The predicted octanol–water partition coefficient (Wildman–Crippen LogP) is 0.397. The molecule has 1 amide bonds. The molecule has 0 rings (SSSR count). The second kappa shape index (κ2) is 2.87. The van der Waals surface area contributed by atoms with Crippen LogP contribution in [0.5, 0.6) is 0 Å². The largest absolute Gasteiger partial charge is 0.523 e. The van der Waals surface area contributed by atoms with Crippen molar-refractivity contribution in [2.45, 2.75) is 19.4 Å². The molecule has 0 aromatic rings. The van der Waals surface area contributed by atoms with E-state index in [4.69, 9.17) is 0 Å². The highest BCUT2D eigenvalue weighted by molar-refractivity contribution is 5.78. The fourth-order valence-corrected chi connectivity index (χ4v) is 0.259. The van der Waals surface area contributed by atoms with Gasteiger partial charge in [0.05, 0.1) is 0 Å². The molecule has 60 valence electrons. The summed E-state index contributed by atoms with van der Waals surface area (Å²) in [5, 5.41) is 0. The molecule has 0 radical (unpaired) electrons. The summed E-state index contributed by atoms with van der Waals surface area (Å²) in [5.74, 6) is -1.14. The molecule has 2 N–H and O–H groups in total. The number of halogens is 3. The second-order valence-corrected chi connectivity index (χ2v) is 1.61. The van der Waals surface area contributed by atoms with Gasteiger partial charge in [0.1, 0.15) is 6.10 Å². The number of amides is 1. The Morgan fingerprint density at radius 2 is 2.00 bits per heavy atom. The van der Waals surface area contributed by atoms with Crippen LogP contribution in [0.15, 0.2) is 0 Å². The molecule has 1 unspecified atom stereocenters. The lowest BCUT2D eigenvalue weighted by Gasteiger charge is -2.10. The number of hydrogen-bond acceptors (Lipinski definition) is 2. The molecule has 3 nitrogen and oxygen atoms in total. The summed E-state index contributed by atoms with van der Waals surface area (Å²) in [6.45, 7) is 0.926. The van der Waals surface area contributed by atoms with E-state index < -0.39 is 18.4 Å². The van der Waals surface area contributed by atoms with Gasteiger partial charge in [-0.3, -0.25) is 9.53 Å². The van der Waals surface area contributed by atoms with Gasteiger partial charge in [0, 0.05) is 0 Å². The van der Waals surface area contributed by atoms with E-state index in [9.17, 15) is 18.0 Å². The van der Waals surface area contributed by atoms with Crippen LogP contribution < -0.4 is 5.73 Å². The first-order valence-electron chi connectivity index (χ1n) is 2.37. The van der Waals surface area contributed by atoms with E-state index in [-0.39, 0.29) is 0 Å². The highest BCUT2D eigenvalue weighted by atomic mass is 19.4. The Morgan fingerprint density at radius 1 is 1.60 bits per heavy atom. The maximum absolute atomic E-state index is 11.2. The first kappa shape index (κ1) is 9.22. The van der Waals surface area contributed by atoms with Crippen molar-refractivity contribution in [2.24, 2.45) is 5.73 Å². The standard InChI is InChI=1S/C4H6F3NO2/c1-2(3(8)9)10-4(5,6)7/h2H,1H3,(H2,8,9). The smallest absolute Gasteiger partial charge is 0.367 e. The van der Waals surface area contributed by atoms with Crippen LogP contribution in [0.4, 0.5) is 13.2 Å². The number of hydrogen-bond donors (Lipinski definition) is 1. The average molecular weight is 157 g/mol. The molecule has 0 saturated heterocycles. The zero-order valence-electron chi connectivity index (χ0n) is 5.11. The summed E-state index contributed by atoms with van der Waals surface area (Å²) < 4.78 is 36.9. The molecule has 0 spiro atoms. The third-order valence-corrected chi connectivity index (χ3v) is 0.711. The Balaban J connectivity index is 3.80. The van der Waals surface area contributed by atoms with Crippen molar-refractivity contribution in [1.29, 1.82) is 0 Å². The zero-order valence-corrected chi connectivity index (χ0v) is 5.11. The molecule has 0 aliphatic heterocycles. The Bertz CT molecular complexity index is 133. The van der Waals surface area contributed by atoms with Crippen LogP contribution in [0.25, 0.3) is 0 Å². The number of nitrogens with two attached hydrogens (primary N) is 1. The van der Waals surface area contributed by atoms with Gasteiger partial charge in [0.25, 0.3) is 0 Å². The summed E-state index contributed by atoms with van der Waals surface area (Å²) in [5.41, 5.74) is 4.48. The molecule has 0 aliphatic carbocycles. The number of ether oxygens (including phenoxy) is 1. The molecule has 0 aliphatic rings. The van der Waals surface area contributed by atoms with E-state index in [1.54, 1.807) is 0 Å². The van der Waals surface area contributed by atoms with Gasteiger partial charge in [-0.05, 0) is 6.92 Å². The number of carbonyl (C=O) groups excluding carboxylic acids is 1. The lowest BCUT2D eigenvalue weighted by Crippen LogP contribution is -2.33. The van der Waals surface area contributed by atoms with Crippen molar-refractivity contribution in [3.05, 3.63) is 0 Å². The van der Waals surface area contributed by atoms with Crippen LogP contribution in [-0.2, 0) is 9.53 Å². The summed E-state index contributed by atoms with van der Waals surface area (Å²) in [6, 6.07) is 0. The minimum absolute atomic E-state index is 0.926. The molecule has 1 atom stereocenters. The number of rotatable bonds is 2. The number of carbonyl (C=O) groups is 1. The molecule has 0 bridgehead atoms. The molecular formula is C4H6F3NO2. The van der Waals surface area contributed by atoms with Crippen molar-refractivity contribution < 1.29 is 22.7 Å². The molecule has 0 aromatic carbocycles. The van der Waals surface area contributed by atoms with Gasteiger partial charge in [-0.15, -0.1) is 13.2 Å². The third kappa shape index (κ3) is 4.13. The quantitative estimate of drug-likeness (QED) is 0.630. The van der Waals surface area contributed by atoms with E-state index in [0.717, 1.165) is 6.92 Å². The zero-order chi connectivity index (χ0) is 8.36. The van der Waals surface area contributed by atoms with Gasteiger partial charge in [-0.25, -0.2) is 0 Å². The Morgan fingerprint density at radius 3 is 2.10 bits per heavy atom. The van der Waals surface area contributed by atoms with Crippen molar-refractivity contribution >= 4 is 5.91 Å². The van der Waals surface area contributed by atoms with Gasteiger partial charge in [-0.2, -0.15) is 0 Å². The van der Waals surface area contributed by atoms with E-state index in [1.165, 1.54) is 0 Å². The second-order valence-electron chi connectivity index (χ2n) is 1.61. The van der Waals surface area contributed by atoms with Gasteiger partial charge >= 0.3 is 6.36 Å². The van der Waals surface area contributed by atoms with E-state index in [0.29, 0.717) is 0 Å². The fourth-order valence-electron chi connectivity index (χ4n) is 0.259. The van der Waals surface area contributed by atoms with Crippen molar-refractivity contribution in [3.8, 4) is 0 Å². The molecular weight excluding hydrogens is 151 g/mol. The van der Waals surface area contributed by atoms with Crippen molar-refractivity contribution in [2.75, 3.05) is 0 Å². The Labute approximate surface area is 54.9 Å². The predicted molar refractivity (Wildman–Crippen MR) is 25.8 cm³/mol. The first-order chi connectivity index (χ1) is 4.33. The topological polar surface area (TPSA) is 52.3 Å². The van der Waals surface area contributed by atoms with Crippen LogP contribution in [0.1, 0.15) is 6.92 Å². The molecule has 0 heterocycles. The van der Waals surface area contributed by atoms with Crippen LogP contribution >= 0.6 is 0 Å². The summed E-state index contributed by atoms with van der Waals surface area (Å²) >= 11 is 0. The van der Waals surface area contributed by atoms with Gasteiger partial charge in [0.2, 0.25) is 5.91 Å². The minimum atomic E-state index is -4.80. The van der Waals surface area contributed by atoms with Crippen LogP contribution in [-0.4, -0.2) is 18.4 Å². The van der Waals surface area contributed by atoms with E-state index >= 15 is 0 Å². The lowest BCUT2D eigenvalue weighted by atomic mass is 10.4. The highest BCUT2D eigenvalue weighted by Gasteiger charge is 2.33. The molecule has 0 fully saturated rings. The monoisotopic (exact) mass is 157 g/mol. The SMILES string of the molecule is CC(OC(F)(F)F)C(N)=O. The van der Waals surface area contributed by atoms with Gasteiger partial charge in [-0.1, -0.05) is 0 Å². The Hall–Kier alpha value is -0.780. The van der Waals surface area contributed by atoms with E-state index in [1.807, 2.05) is 0 Å². The van der Waals surface area contributed by atoms with Crippen LogP contribution in [0, 0.1) is 0 Å². The Kier molecular flexibility index (Phi) is 2.65.